The lowest BCUT2D eigenvalue weighted by Crippen LogP contribution is -2.00. The van der Waals surface area contributed by atoms with Crippen molar-refractivity contribution in [1.29, 1.82) is 0 Å². The molecular formula is C16H13ClN2O3S. The second kappa shape index (κ2) is 6.52. The van der Waals surface area contributed by atoms with Crippen LogP contribution in [0.5, 0.6) is 5.75 Å². The third-order valence-electron chi connectivity index (χ3n) is 3.30. The quantitative estimate of drug-likeness (QED) is 0.709. The van der Waals surface area contributed by atoms with Crippen molar-refractivity contribution in [2.24, 2.45) is 0 Å². The first-order chi connectivity index (χ1) is 11.0. The molecule has 5 nitrogen and oxygen atoms in total. The van der Waals surface area contributed by atoms with Crippen molar-refractivity contribution in [3.05, 3.63) is 51.9 Å². The van der Waals surface area contributed by atoms with Crippen LogP contribution in [0.4, 0.5) is 0 Å². The van der Waals surface area contributed by atoms with Crippen molar-refractivity contribution in [3.63, 3.8) is 0 Å². The van der Waals surface area contributed by atoms with E-state index in [-0.39, 0.29) is 13.0 Å². The smallest absolute Gasteiger partial charge is 0.307 e. The van der Waals surface area contributed by atoms with E-state index in [1.807, 2.05) is 23.6 Å². The Hall–Kier alpha value is -2.18. The van der Waals surface area contributed by atoms with Gasteiger partial charge in [0.25, 0.3) is 0 Å². The number of carboxylic acid groups (broad SMARTS) is 1. The Morgan fingerprint density at radius 2 is 2.22 bits per heavy atom. The summed E-state index contributed by atoms with van der Waals surface area (Å²) in [5.74, 6) is 0.474. The minimum absolute atomic E-state index is 0.0243. The Balaban J connectivity index is 1.77. The molecule has 0 aliphatic heterocycles. The molecule has 0 bridgehead atoms. The van der Waals surface area contributed by atoms with Crippen LogP contribution >= 0.6 is 22.9 Å². The second-order valence-electron chi connectivity index (χ2n) is 5.01. The number of halogens is 1. The summed E-state index contributed by atoms with van der Waals surface area (Å²) in [5, 5.41) is 12.1. The third kappa shape index (κ3) is 3.60. The number of hydrogen-bond acceptors (Lipinski definition) is 5. The number of aryl methyl sites for hydroxylation is 1. The van der Waals surface area contributed by atoms with E-state index in [0.717, 1.165) is 21.2 Å². The fourth-order valence-corrected chi connectivity index (χ4v) is 3.39. The van der Waals surface area contributed by atoms with Crippen LogP contribution in [-0.2, 0) is 17.8 Å². The minimum Gasteiger partial charge on any atom is -0.489 e. The fourth-order valence-electron chi connectivity index (χ4n) is 2.18. The Morgan fingerprint density at radius 1 is 1.39 bits per heavy atom. The van der Waals surface area contributed by atoms with Gasteiger partial charge in [-0.25, -0.2) is 9.97 Å². The van der Waals surface area contributed by atoms with Gasteiger partial charge >= 0.3 is 5.97 Å². The van der Waals surface area contributed by atoms with Gasteiger partial charge in [0.1, 0.15) is 23.3 Å². The van der Waals surface area contributed by atoms with Gasteiger partial charge in [0.05, 0.1) is 6.42 Å². The number of carbonyl (C=O) groups is 1. The molecule has 0 amide bonds. The molecule has 2 heterocycles. The summed E-state index contributed by atoms with van der Waals surface area (Å²) in [6.45, 7) is 2.05. The zero-order valence-corrected chi connectivity index (χ0v) is 13.8. The number of carboxylic acids is 1. The zero-order valence-electron chi connectivity index (χ0n) is 12.2. The highest BCUT2D eigenvalue weighted by molar-refractivity contribution is 7.17. The monoisotopic (exact) mass is 348 g/mol. The highest BCUT2D eigenvalue weighted by Gasteiger charge is 2.09. The van der Waals surface area contributed by atoms with Crippen LogP contribution in [0.25, 0.3) is 10.1 Å². The van der Waals surface area contributed by atoms with Gasteiger partial charge in [0.2, 0.25) is 0 Å². The lowest BCUT2D eigenvalue weighted by atomic mass is 10.1. The van der Waals surface area contributed by atoms with Crippen molar-refractivity contribution in [2.45, 2.75) is 20.0 Å². The molecular weight excluding hydrogens is 336 g/mol. The predicted molar refractivity (Wildman–Crippen MR) is 89.3 cm³/mol. The van der Waals surface area contributed by atoms with Crippen molar-refractivity contribution in [1.82, 2.24) is 9.97 Å². The van der Waals surface area contributed by atoms with Crippen molar-refractivity contribution >= 4 is 39.0 Å². The molecule has 0 saturated carbocycles. The number of nitrogens with zero attached hydrogens (tertiary/aromatic N) is 2. The minimum atomic E-state index is -0.834. The normalized spacial score (nSPS) is 10.9. The molecule has 0 fully saturated rings. The van der Waals surface area contributed by atoms with Crippen LogP contribution in [0, 0.1) is 6.92 Å². The van der Waals surface area contributed by atoms with Gasteiger partial charge < -0.3 is 9.84 Å². The average Bonchev–Trinajstić information content (AvgIpc) is 2.88. The molecule has 3 rings (SSSR count). The molecule has 1 N–H and O–H groups in total. The third-order valence-corrected chi connectivity index (χ3v) is 4.62. The van der Waals surface area contributed by atoms with Gasteiger partial charge in [-0.3, -0.25) is 4.79 Å². The highest BCUT2D eigenvalue weighted by Crippen LogP contribution is 2.30. The van der Waals surface area contributed by atoms with Crippen LogP contribution in [0.1, 0.15) is 17.0 Å². The lowest BCUT2D eigenvalue weighted by molar-refractivity contribution is -0.136. The molecule has 0 spiro atoms. The predicted octanol–water partition coefficient (Wildman–Crippen LogP) is 3.86. The maximum Gasteiger partial charge on any atom is 0.307 e. The zero-order chi connectivity index (χ0) is 16.4. The summed E-state index contributed by atoms with van der Waals surface area (Å²) < 4.78 is 6.73. The number of fused-ring (bicyclic) bond motifs is 1. The standard InChI is InChI=1S/C16H13ClN2O3S/c1-9-18-6-11(16(17)19-9)7-22-12-2-3-13-10(4-15(20)21)8-23-14(13)5-12/h2-3,5-6,8H,4,7H2,1H3,(H,20,21). The molecule has 0 unspecified atom stereocenters. The number of aromatic nitrogens is 2. The molecule has 0 radical (unpaired) electrons. The van der Waals surface area contributed by atoms with Gasteiger partial charge in [-0.1, -0.05) is 11.6 Å². The Morgan fingerprint density at radius 3 is 2.96 bits per heavy atom. The van der Waals surface area contributed by atoms with Crippen LogP contribution < -0.4 is 4.74 Å². The van der Waals surface area contributed by atoms with Crippen LogP contribution in [0.2, 0.25) is 5.15 Å². The molecule has 0 aliphatic rings. The maximum atomic E-state index is 10.8. The van der Waals surface area contributed by atoms with E-state index >= 15 is 0 Å². The summed E-state index contributed by atoms with van der Waals surface area (Å²) in [4.78, 5) is 19.0. The molecule has 7 heteroatoms. The molecule has 0 saturated heterocycles. The second-order valence-corrected chi connectivity index (χ2v) is 6.28. The van der Waals surface area contributed by atoms with E-state index in [4.69, 9.17) is 21.4 Å². The van der Waals surface area contributed by atoms with Crippen LogP contribution in [0.15, 0.2) is 29.8 Å². The van der Waals surface area contributed by atoms with Crippen LogP contribution in [-0.4, -0.2) is 21.0 Å². The summed E-state index contributed by atoms with van der Waals surface area (Å²) in [6.07, 6.45) is 1.68. The van der Waals surface area contributed by atoms with Gasteiger partial charge in [-0.15, -0.1) is 11.3 Å². The molecule has 118 valence electrons. The average molecular weight is 349 g/mol. The molecule has 0 atom stereocenters. The summed E-state index contributed by atoms with van der Waals surface area (Å²) in [5.41, 5.74) is 1.54. The Bertz CT molecular complexity index is 879. The fraction of sp³-hybridized carbons (Fsp3) is 0.188. The molecule has 1 aromatic carbocycles. The van der Waals surface area contributed by atoms with E-state index in [1.165, 1.54) is 11.3 Å². The van der Waals surface area contributed by atoms with E-state index < -0.39 is 5.97 Å². The van der Waals surface area contributed by atoms with Gasteiger partial charge in [0, 0.05) is 16.5 Å². The number of ether oxygens (including phenoxy) is 1. The highest BCUT2D eigenvalue weighted by atomic mass is 35.5. The van der Waals surface area contributed by atoms with Crippen molar-refractivity contribution < 1.29 is 14.6 Å². The first kappa shape index (κ1) is 15.7. The topological polar surface area (TPSA) is 72.3 Å². The van der Waals surface area contributed by atoms with E-state index in [0.29, 0.717) is 16.7 Å². The number of rotatable bonds is 5. The first-order valence-electron chi connectivity index (χ1n) is 6.85. The molecule has 2 aromatic heterocycles. The van der Waals surface area contributed by atoms with Gasteiger partial charge in [-0.05, 0) is 41.5 Å². The first-order valence-corrected chi connectivity index (χ1v) is 8.11. The number of benzene rings is 1. The van der Waals surface area contributed by atoms with Crippen molar-refractivity contribution in [3.8, 4) is 5.75 Å². The molecule has 3 aromatic rings. The van der Waals surface area contributed by atoms with E-state index in [2.05, 4.69) is 9.97 Å². The van der Waals surface area contributed by atoms with E-state index in [1.54, 1.807) is 13.1 Å². The van der Waals surface area contributed by atoms with Crippen LogP contribution in [0.3, 0.4) is 0 Å². The summed E-state index contributed by atoms with van der Waals surface area (Å²) in [6, 6.07) is 5.60. The van der Waals surface area contributed by atoms with Gasteiger partial charge in [0.15, 0.2) is 0 Å². The summed E-state index contributed by atoms with van der Waals surface area (Å²) in [7, 11) is 0. The Labute approximate surface area is 141 Å². The molecule has 0 aliphatic carbocycles. The summed E-state index contributed by atoms with van der Waals surface area (Å²) >= 11 is 7.56. The SMILES string of the molecule is Cc1ncc(COc2ccc3c(CC(=O)O)csc3c2)c(Cl)n1. The Kier molecular flexibility index (Phi) is 4.45. The number of hydrogen-bond donors (Lipinski definition) is 1. The lowest BCUT2D eigenvalue weighted by Gasteiger charge is -2.07. The van der Waals surface area contributed by atoms with Crippen molar-refractivity contribution in [2.75, 3.05) is 0 Å². The molecule has 23 heavy (non-hydrogen) atoms. The number of thiophene rings is 1. The van der Waals surface area contributed by atoms with Gasteiger partial charge in [-0.2, -0.15) is 0 Å². The maximum absolute atomic E-state index is 10.8. The number of aliphatic carboxylic acids is 1. The van der Waals surface area contributed by atoms with E-state index in [9.17, 15) is 4.79 Å². The largest absolute Gasteiger partial charge is 0.489 e.